The van der Waals surface area contributed by atoms with Crippen LogP contribution in [0.4, 0.5) is 17.6 Å². The second-order valence-electron chi connectivity index (χ2n) is 5.17. The summed E-state index contributed by atoms with van der Waals surface area (Å²) in [6, 6.07) is 2.76. The minimum atomic E-state index is -5.01. The van der Waals surface area contributed by atoms with Crippen LogP contribution in [-0.4, -0.2) is 38.4 Å². The molecule has 1 heterocycles. The van der Waals surface area contributed by atoms with Crippen LogP contribution in [0.3, 0.4) is 0 Å². The van der Waals surface area contributed by atoms with Crippen LogP contribution < -0.4 is 4.74 Å². The zero-order chi connectivity index (χ0) is 17.9. The molecule has 0 aliphatic heterocycles. The number of carbonyl (C=O) groups is 1. The van der Waals surface area contributed by atoms with Crippen molar-refractivity contribution in [1.29, 1.82) is 0 Å². The maximum absolute atomic E-state index is 13.4. The van der Waals surface area contributed by atoms with E-state index in [4.69, 9.17) is 0 Å². The number of ether oxygens (including phenoxy) is 1. The number of amides is 1. The van der Waals surface area contributed by atoms with Crippen molar-refractivity contribution >= 4 is 5.91 Å². The molecular weight excluding hydrogens is 332 g/mol. The van der Waals surface area contributed by atoms with E-state index < -0.39 is 23.8 Å². The molecule has 2 rings (SSSR count). The molecule has 10 heteroatoms. The number of carbonyl (C=O) groups excluding carboxylic acids is 1. The van der Waals surface area contributed by atoms with Gasteiger partial charge in [0.05, 0.1) is 0 Å². The predicted octanol–water partition coefficient (Wildman–Crippen LogP) is 2.89. The fourth-order valence-electron chi connectivity index (χ4n) is 1.98. The third-order valence-electron chi connectivity index (χ3n) is 3.08. The van der Waals surface area contributed by atoms with Crippen molar-refractivity contribution < 1.29 is 27.1 Å². The molecule has 130 valence electrons. The summed E-state index contributed by atoms with van der Waals surface area (Å²) in [5.74, 6) is -2.58. The molecule has 0 saturated heterocycles. The number of hydrogen-bond donors (Lipinski definition) is 1. The van der Waals surface area contributed by atoms with Crippen LogP contribution in [0, 0.1) is 5.82 Å². The number of nitrogens with one attached hydrogen (secondary N) is 1. The zero-order valence-corrected chi connectivity index (χ0v) is 12.8. The molecule has 1 aromatic heterocycles. The summed E-state index contributed by atoms with van der Waals surface area (Å²) in [5, 5.41) is 6.00. The first-order valence-corrected chi connectivity index (χ1v) is 6.88. The van der Waals surface area contributed by atoms with Crippen LogP contribution >= 0.6 is 0 Å². The monoisotopic (exact) mass is 346 g/mol. The number of aromatic amines is 1. The standard InChI is InChI=1S/C14H14F4N4O2/c1-8(2)22(13(23)12-19-7-20-21-12)6-9-3-4-10(15)11(5-9)24-14(16,17)18/h3-5,7-8H,6H2,1-2H3,(H,19,20,21). The summed E-state index contributed by atoms with van der Waals surface area (Å²) in [7, 11) is 0. The van der Waals surface area contributed by atoms with E-state index in [1.807, 2.05) is 0 Å². The second-order valence-corrected chi connectivity index (χ2v) is 5.17. The fourth-order valence-corrected chi connectivity index (χ4v) is 1.98. The average Bonchev–Trinajstić information content (AvgIpc) is 2.99. The van der Waals surface area contributed by atoms with Gasteiger partial charge < -0.3 is 9.64 Å². The van der Waals surface area contributed by atoms with E-state index in [0.717, 1.165) is 12.1 Å². The average molecular weight is 346 g/mol. The van der Waals surface area contributed by atoms with Crippen molar-refractivity contribution in [2.24, 2.45) is 0 Å². The smallest absolute Gasteiger partial charge is 0.403 e. The topological polar surface area (TPSA) is 71.1 Å². The van der Waals surface area contributed by atoms with Crippen molar-refractivity contribution in [3.05, 3.63) is 41.7 Å². The first-order chi connectivity index (χ1) is 11.2. The molecule has 0 aliphatic carbocycles. The highest BCUT2D eigenvalue weighted by Crippen LogP contribution is 2.27. The van der Waals surface area contributed by atoms with Crippen LogP contribution in [0.1, 0.15) is 30.0 Å². The van der Waals surface area contributed by atoms with Crippen molar-refractivity contribution in [2.45, 2.75) is 32.8 Å². The van der Waals surface area contributed by atoms with Gasteiger partial charge >= 0.3 is 6.36 Å². The molecule has 1 N–H and O–H groups in total. The lowest BCUT2D eigenvalue weighted by Gasteiger charge is -2.26. The molecule has 0 atom stereocenters. The summed E-state index contributed by atoms with van der Waals surface area (Å²) in [6.07, 6.45) is -3.84. The Kier molecular flexibility index (Phi) is 5.05. The zero-order valence-electron chi connectivity index (χ0n) is 12.8. The molecule has 0 fully saturated rings. The Hall–Kier alpha value is -2.65. The second kappa shape index (κ2) is 6.85. The Morgan fingerprint density at radius 1 is 1.38 bits per heavy atom. The van der Waals surface area contributed by atoms with E-state index in [2.05, 4.69) is 19.9 Å². The van der Waals surface area contributed by atoms with Crippen LogP contribution in [-0.2, 0) is 6.54 Å². The summed E-state index contributed by atoms with van der Waals surface area (Å²) in [4.78, 5) is 17.4. The molecule has 6 nitrogen and oxygen atoms in total. The normalized spacial score (nSPS) is 11.6. The largest absolute Gasteiger partial charge is 0.573 e. The molecule has 2 aromatic rings. The summed E-state index contributed by atoms with van der Waals surface area (Å²) < 4.78 is 53.9. The number of hydrogen-bond acceptors (Lipinski definition) is 4. The van der Waals surface area contributed by atoms with Gasteiger partial charge in [-0.15, -0.1) is 13.2 Å². The highest BCUT2D eigenvalue weighted by Gasteiger charge is 2.32. The van der Waals surface area contributed by atoms with E-state index >= 15 is 0 Å². The summed E-state index contributed by atoms with van der Waals surface area (Å²) in [6.45, 7) is 3.40. The maximum atomic E-state index is 13.4. The number of benzene rings is 1. The van der Waals surface area contributed by atoms with E-state index in [1.54, 1.807) is 13.8 Å². The number of nitrogens with zero attached hydrogens (tertiary/aromatic N) is 3. The van der Waals surface area contributed by atoms with Crippen LogP contribution in [0.25, 0.3) is 0 Å². The number of H-pyrrole nitrogens is 1. The number of rotatable bonds is 5. The Labute approximate surface area is 134 Å². The molecule has 0 aliphatic rings. The lowest BCUT2D eigenvalue weighted by Crippen LogP contribution is -2.37. The van der Waals surface area contributed by atoms with Crippen LogP contribution in [0.5, 0.6) is 5.75 Å². The molecule has 0 radical (unpaired) electrons. The lowest BCUT2D eigenvalue weighted by molar-refractivity contribution is -0.275. The van der Waals surface area contributed by atoms with Gasteiger partial charge in [-0.05, 0) is 31.5 Å². The molecule has 1 amide bonds. The van der Waals surface area contributed by atoms with Crippen molar-refractivity contribution in [3.63, 3.8) is 0 Å². The van der Waals surface area contributed by atoms with Crippen LogP contribution in [0.15, 0.2) is 24.5 Å². The molecule has 1 aromatic carbocycles. The molecular formula is C14H14F4N4O2. The van der Waals surface area contributed by atoms with Gasteiger partial charge in [0.15, 0.2) is 11.6 Å². The minimum absolute atomic E-state index is 0.00224. The molecule has 24 heavy (non-hydrogen) atoms. The predicted molar refractivity (Wildman–Crippen MR) is 74.5 cm³/mol. The number of halogens is 4. The quantitative estimate of drug-likeness (QED) is 0.845. The molecule has 0 spiro atoms. The SMILES string of the molecule is CC(C)N(Cc1ccc(F)c(OC(F)(F)F)c1)C(=O)c1ncn[nH]1. The van der Waals surface area contributed by atoms with Gasteiger partial charge in [0.1, 0.15) is 6.33 Å². The van der Waals surface area contributed by atoms with Gasteiger partial charge in [-0.3, -0.25) is 9.89 Å². The van der Waals surface area contributed by atoms with E-state index in [1.165, 1.54) is 17.3 Å². The fraction of sp³-hybridized carbons (Fsp3) is 0.357. The first-order valence-electron chi connectivity index (χ1n) is 6.88. The van der Waals surface area contributed by atoms with Gasteiger partial charge in [0.2, 0.25) is 5.82 Å². The minimum Gasteiger partial charge on any atom is -0.403 e. The number of aromatic nitrogens is 3. The van der Waals surface area contributed by atoms with Gasteiger partial charge in [0.25, 0.3) is 5.91 Å². The summed E-state index contributed by atoms with van der Waals surface area (Å²) >= 11 is 0. The highest BCUT2D eigenvalue weighted by molar-refractivity contribution is 5.90. The Morgan fingerprint density at radius 3 is 2.62 bits per heavy atom. The Bertz CT molecular complexity index is 701. The molecule has 0 saturated carbocycles. The van der Waals surface area contributed by atoms with Gasteiger partial charge in [0, 0.05) is 12.6 Å². The third kappa shape index (κ3) is 4.43. The Balaban J connectivity index is 2.24. The van der Waals surface area contributed by atoms with E-state index in [9.17, 15) is 22.4 Å². The van der Waals surface area contributed by atoms with Crippen molar-refractivity contribution in [1.82, 2.24) is 20.1 Å². The lowest BCUT2D eigenvalue weighted by atomic mass is 10.1. The first kappa shape index (κ1) is 17.7. The molecule has 0 unspecified atom stereocenters. The number of alkyl halides is 3. The van der Waals surface area contributed by atoms with E-state index in [0.29, 0.717) is 0 Å². The van der Waals surface area contributed by atoms with Crippen molar-refractivity contribution in [2.75, 3.05) is 0 Å². The van der Waals surface area contributed by atoms with Gasteiger partial charge in [-0.1, -0.05) is 6.07 Å². The third-order valence-corrected chi connectivity index (χ3v) is 3.08. The van der Waals surface area contributed by atoms with Gasteiger partial charge in [-0.25, -0.2) is 9.37 Å². The Morgan fingerprint density at radius 2 is 2.08 bits per heavy atom. The summed E-state index contributed by atoms with van der Waals surface area (Å²) in [5.41, 5.74) is 0.275. The maximum Gasteiger partial charge on any atom is 0.573 e. The van der Waals surface area contributed by atoms with Crippen molar-refractivity contribution in [3.8, 4) is 5.75 Å². The van der Waals surface area contributed by atoms with Crippen LogP contribution in [0.2, 0.25) is 0 Å². The van der Waals surface area contributed by atoms with Gasteiger partial charge in [-0.2, -0.15) is 5.10 Å². The molecule has 0 bridgehead atoms. The highest BCUT2D eigenvalue weighted by atomic mass is 19.4. The van der Waals surface area contributed by atoms with E-state index in [-0.39, 0.29) is 24.0 Å².